The summed E-state index contributed by atoms with van der Waals surface area (Å²) in [6.45, 7) is 2.39. The van der Waals surface area contributed by atoms with E-state index < -0.39 is 5.54 Å². The molecule has 1 heterocycles. The third-order valence-electron chi connectivity index (χ3n) is 3.56. The van der Waals surface area contributed by atoms with E-state index in [0.29, 0.717) is 6.61 Å². The number of ether oxygens (including phenoxy) is 1. The van der Waals surface area contributed by atoms with E-state index in [9.17, 15) is 4.79 Å². The zero-order chi connectivity index (χ0) is 13.3. The van der Waals surface area contributed by atoms with Gasteiger partial charge in [-0.3, -0.25) is 4.90 Å². The van der Waals surface area contributed by atoms with Gasteiger partial charge < -0.3 is 4.74 Å². The predicted molar refractivity (Wildman–Crippen MR) is 74.1 cm³/mol. The largest absolute Gasteiger partial charge is 0.446 e. The van der Waals surface area contributed by atoms with Crippen molar-refractivity contribution < 1.29 is 9.53 Å². The maximum absolute atomic E-state index is 12.1. The summed E-state index contributed by atoms with van der Waals surface area (Å²) in [5.74, 6) is 0. The molecule has 0 spiro atoms. The molecule has 1 saturated heterocycles. The molecule has 3 heteroatoms. The number of anilines is 1. The van der Waals surface area contributed by atoms with Gasteiger partial charge in [-0.15, -0.1) is 0 Å². The summed E-state index contributed by atoms with van der Waals surface area (Å²) in [5.41, 5.74) is 1.47. The minimum Gasteiger partial charge on any atom is -0.446 e. The van der Waals surface area contributed by atoms with Crippen molar-refractivity contribution in [3.63, 3.8) is 0 Å². The fourth-order valence-electron chi connectivity index (χ4n) is 2.51. The summed E-state index contributed by atoms with van der Waals surface area (Å²) in [7, 11) is 0. The molecule has 1 aliphatic heterocycles. The topological polar surface area (TPSA) is 29.5 Å². The highest BCUT2D eigenvalue weighted by atomic mass is 16.6. The molecule has 1 unspecified atom stereocenters. The lowest BCUT2D eigenvalue weighted by Gasteiger charge is -2.32. The van der Waals surface area contributed by atoms with Crippen molar-refractivity contribution >= 4 is 11.8 Å². The van der Waals surface area contributed by atoms with Crippen molar-refractivity contribution in [3.05, 3.63) is 66.2 Å². The zero-order valence-corrected chi connectivity index (χ0v) is 10.7. The fourth-order valence-corrected chi connectivity index (χ4v) is 2.51. The van der Waals surface area contributed by atoms with Crippen molar-refractivity contribution in [2.45, 2.75) is 12.5 Å². The van der Waals surface area contributed by atoms with Crippen LogP contribution in [0.5, 0.6) is 0 Å². The van der Waals surface area contributed by atoms with Gasteiger partial charge in [0, 0.05) is 5.69 Å². The lowest BCUT2D eigenvalue weighted by molar-refractivity contribution is 0.174. The first-order chi connectivity index (χ1) is 9.22. The van der Waals surface area contributed by atoms with E-state index in [1.54, 1.807) is 4.90 Å². The third kappa shape index (κ3) is 1.87. The number of cyclic esters (lactones) is 1. The van der Waals surface area contributed by atoms with Gasteiger partial charge in [-0.1, -0.05) is 48.5 Å². The maximum Gasteiger partial charge on any atom is 0.415 e. The van der Waals surface area contributed by atoms with Crippen LogP contribution >= 0.6 is 0 Å². The van der Waals surface area contributed by atoms with E-state index in [1.165, 1.54) is 0 Å². The average Bonchev–Trinajstić information content (AvgIpc) is 2.78. The molecule has 1 fully saturated rings. The first-order valence-electron chi connectivity index (χ1n) is 6.29. The predicted octanol–water partition coefficient (Wildman–Crippen LogP) is 3.56. The van der Waals surface area contributed by atoms with Crippen LogP contribution < -0.4 is 4.90 Å². The molecule has 0 bridgehead atoms. The summed E-state index contributed by atoms with van der Waals surface area (Å²) >= 11 is 0. The lowest BCUT2D eigenvalue weighted by atomic mass is 9.91. The normalized spacial score (nSPS) is 22.4. The van der Waals surface area contributed by atoms with Crippen LogP contribution in [0.1, 0.15) is 12.5 Å². The number of amides is 1. The second-order valence-corrected chi connectivity index (χ2v) is 4.87. The summed E-state index contributed by atoms with van der Waals surface area (Å²) in [6.07, 6.45) is -0.294. The van der Waals surface area contributed by atoms with Crippen LogP contribution in [0.4, 0.5) is 10.5 Å². The second kappa shape index (κ2) is 4.43. The number of benzene rings is 2. The highest BCUT2D eigenvalue weighted by Gasteiger charge is 2.45. The van der Waals surface area contributed by atoms with Gasteiger partial charge in [-0.05, 0) is 24.6 Å². The smallest absolute Gasteiger partial charge is 0.415 e. The Bertz CT molecular complexity index is 582. The summed E-state index contributed by atoms with van der Waals surface area (Å²) in [5, 5.41) is 0. The van der Waals surface area contributed by atoms with Crippen LogP contribution in [0.3, 0.4) is 0 Å². The number of para-hydroxylation sites is 1. The molecule has 0 N–H and O–H groups in total. The summed E-state index contributed by atoms with van der Waals surface area (Å²) < 4.78 is 5.28. The van der Waals surface area contributed by atoms with Crippen LogP contribution in [0.15, 0.2) is 60.7 Å². The lowest BCUT2D eigenvalue weighted by Crippen LogP contribution is -2.42. The Hall–Kier alpha value is -2.29. The molecule has 1 aliphatic rings. The molecule has 1 amide bonds. The quantitative estimate of drug-likeness (QED) is 0.819. The Morgan fingerprint density at radius 1 is 1.00 bits per heavy atom. The number of rotatable bonds is 2. The molecule has 2 aromatic carbocycles. The summed E-state index contributed by atoms with van der Waals surface area (Å²) in [4.78, 5) is 13.8. The van der Waals surface area contributed by atoms with Crippen molar-refractivity contribution in [1.29, 1.82) is 0 Å². The van der Waals surface area contributed by atoms with E-state index >= 15 is 0 Å². The van der Waals surface area contributed by atoms with Crippen LogP contribution in [-0.4, -0.2) is 12.7 Å². The number of nitrogens with zero attached hydrogens (tertiary/aromatic N) is 1. The van der Waals surface area contributed by atoms with E-state index in [-0.39, 0.29) is 6.09 Å². The molecule has 0 saturated carbocycles. The molecule has 96 valence electrons. The maximum atomic E-state index is 12.1. The summed E-state index contributed by atoms with van der Waals surface area (Å²) in [6, 6.07) is 19.6. The molecular weight excluding hydrogens is 238 g/mol. The Kier molecular flexibility index (Phi) is 2.75. The number of hydrogen-bond donors (Lipinski definition) is 0. The highest BCUT2D eigenvalue weighted by Crippen LogP contribution is 2.37. The third-order valence-corrected chi connectivity index (χ3v) is 3.56. The molecular formula is C16H15NO2. The minimum atomic E-state index is -0.459. The van der Waals surface area contributed by atoms with Crippen molar-refractivity contribution in [2.75, 3.05) is 11.5 Å². The SMILES string of the molecule is CC1(c2ccccc2)COC(=O)N1c1ccccc1. The van der Waals surface area contributed by atoms with E-state index in [2.05, 4.69) is 0 Å². The standard InChI is InChI=1S/C16H15NO2/c1-16(13-8-4-2-5-9-13)12-19-15(18)17(16)14-10-6-3-7-11-14/h2-11H,12H2,1H3. The Labute approximate surface area is 112 Å². The highest BCUT2D eigenvalue weighted by molar-refractivity contribution is 5.91. The van der Waals surface area contributed by atoms with Gasteiger partial charge in [0.1, 0.15) is 12.1 Å². The van der Waals surface area contributed by atoms with Crippen molar-refractivity contribution in [2.24, 2.45) is 0 Å². The van der Waals surface area contributed by atoms with E-state index in [0.717, 1.165) is 11.3 Å². The molecule has 3 nitrogen and oxygen atoms in total. The van der Waals surface area contributed by atoms with Gasteiger partial charge >= 0.3 is 6.09 Å². The van der Waals surface area contributed by atoms with Gasteiger partial charge in [-0.25, -0.2) is 4.79 Å². The number of carbonyl (C=O) groups is 1. The number of carbonyl (C=O) groups excluding carboxylic acids is 1. The number of hydrogen-bond acceptors (Lipinski definition) is 2. The Balaban J connectivity index is 2.08. The monoisotopic (exact) mass is 253 g/mol. The van der Waals surface area contributed by atoms with Crippen molar-refractivity contribution in [3.8, 4) is 0 Å². The van der Waals surface area contributed by atoms with Crippen LogP contribution in [-0.2, 0) is 10.3 Å². The molecule has 3 rings (SSSR count). The second-order valence-electron chi connectivity index (χ2n) is 4.87. The molecule has 0 radical (unpaired) electrons. The van der Waals surface area contributed by atoms with E-state index in [4.69, 9.17) is 4.74 Å². The minimum absolute atomic E-state index is 0.294. The molecule has 19 heavy (non-hydrogen) atoms. The van der Waals surface area contributed by atoms with Gasteiger partial charge in [0.15, 0.2) is 0 Å². The van der Waals surface area contributed by atoms with Gasteiger partial charge in [0.25, 0.3) is 0 Å². The Morgan fingerprint density at radius 2 is 1.58 bits per heavy atom. The first-order valence-corrected chi connectivity index (χ1v) is 6.29. The molecule has 1 atom stereocenters. The van der Waals surface area contributed by atoms with Gasteiger partial charge in [-0.2, -0.15) is 0 Å². The fraction of sp³-hybridized carbons (Fsp3) is 0.188. The van der Waals surface area contributed by atoms with E-state index in [1.807, 2.05) is 67.6 Å². The van der Waals surface area contributed by atoms with Crippen LogP contribution in [0.2, 0.25) is 0 Å². The van der Waals surface area contributed by atoms with Crippen LogP contribution in [0, 0.1) is 0 Å². The van der Waals surface area contributed by atoms with Crippen LogP contribution in [0.25, 0.3) is 0 Å². The first kappa shape index (κ1) is 11.8. The molecule has 0 aromatic heterocycles. The Morgan fingerprint density at radius 3 is 2.21 bits per heavy atom. The molecule has 2 aromatic rings. The van der Waals surface area contributed by atoms with Gasteiger partial charge in [0.2, 0.25) is 0 Å². The average molecular weight is 253 g/mol. The van der Waals surface area contributed by atoms with Gasteiger partial charge in [0.05, 0.1) is 0 Å². The molecule has 0 aliphatic carbocycles. The van der Waals surface area contributed by atoms with Crippen molar-refractivity contribution in [1.82, 2.24) is 0 Å². The zero-order valence-electron chi connectivity index (χ0n) is 10.7.